The van der Waals surface area contributed by atoms with Gasteiger partial charge in [0.15, 0.2) is 0 Å². The Hall–Kier alpha value is -2.20. The molecule has 2 aromatic rings. The molecule has 0 bridgehead atoms. The number of amides is 1. The molecule has 1 aromatic carbocycles. The minimum Gasteiger partial charge on any atom is -0.345 e. The predicted molar refractivity (Wildman–Crippen MR) is 100 cm³/mol. The third kappa shape index (κ3) is 4.89. The van der Waals surface area contributed by atoms with Crippen LogP contribution in [-0.2, 0) is 4.79 Å². The summed E-state index contributed by atoms with van der Waals surface area (Å²) in [5.41, 5.74) is 3.39. The summed E-state index contributed by atoms with van der Waals surface area (Å²) in [5.74, 6) is 0.115. The Bertz CT molecular complexity index is 681. The van der Waals surface area contributed by atoms with Gasteiger partial charge < -0.3 is 10.2 Å². The molecule has 4 nitrogen and oxygen atoms in total. The lowest BCUT2D eigenvalue weighted by molar-refractivity contribution is -0.121. The monoisotopic (exact) mass is 337 g/mol. The number of likely N-dealkylation sites (tertiary alicyclic amines) is 1. The van der Waals surface area contributed by atoms with Crippen LogP contribution in [0.3, 0.4) is 0 Å². The van der Waals surface area contributed by atoms with Gasteiger partial charge in [-0.2, -0.15) is 0 Å². The molecule has 0 spiro atoms. The van der Waals surface area contributed by atoms with E-state index < -0.39 is 0 Å². The van der Waals surface area contributed by atoms with Crippen LogP contribution in [0.4, 0.5) is 0 Å². The van der Waals surface area contributed by atoms with Crippen molar-refractivity contribution in [1.29, 1.82) is 0 Å². The maximum absolute atomic E-state index is 12.5. The van der Waals surface area contributed by atoms with Gasteiger partial charge in [-0.1, -0.05) is 24.3 Å². The van der Waals surface area contributed by atoms with Crippen molar-refractivity contribution in [2.45, 2.75) is 38.6 Å². The van der Waals surface area contributed by atoms with E-state index in [1.54, 1.807) is 12.4 Å². The van der Waals surface area contributed by atoms with Gasteiger partial charge in [0.05, 0.1) is 6.04 Å². The Balaban J connectivity index is 1.65. The molecule has 25 heavy (non-hydrogen) atoms. The molecule has 1 aliphatic heterocycles. The first-order valence-corrected chi connectivity index (χ1v) is 9.21. The summed E-state index contributed by atoms with van der Waals surface area (Å²) in [7, 11) is 0. The molecule has 1 atom stereocenters. The molecule has 1 amide bonds. The first-order chi connectivity index (χ1) is 12.2. The van der Waals surface area contributed by atoms with Gasteiger partial charge in [0.1, 0.15) is 0 Å². The van der Waals surface area contributed by atoms with Crippen LogP contribution in [0.25, 0.3) is 0 Å². The molecule has 1 aliphatic rings. The van der Waals surface area contributed by atoms with Crippen molar-refractivity contribution < 1.29 is 4.79 Å². The number of nitrogens with zero attached hydrogens (tertiary/aromatic N) is 2. The minimum atomic E-state index is -0.122. The number of rotatable bonds is 7. The van der Waals surface area contributed by atoms with Crippen LogP contribution in [0, 0.1) is 6.92 Å². The van der Waals surface area contributed by atoms with Gasteiger partial charge >= 0.3 is 0 Å². The standard InChI is InChI=1S/C21H27N3O/c1-17-7-2-3-8-19(17)21(18-10-12-22-13-11-18)23-20(25)9-6-16-24-14-4-5-15-24/h2-3,7-8,10-13,21H,4-6,9,14-16H2,1H3,(H,23,25). The van der Waals surface area contributed by atoms with Gasteiger partial charge in [0.2, 0.25) is 5.91 Å². The zero-order chi connectivity index (χ0) is 17.5. The van der Waals surface area contributed by atoms with Gasteiger partial charge in [-0.15, -0.1) is 0 Å². The van der Waals surface area contributed by atoms with E-state index >= 15 is 0 Å². The van der Waals surface area contributed by atoms with Crippen molar-refractivity contribution >= 4 is 5.91 Å². The van der Waals surface area contributed by atoms with Crippen LogP contribution in [0.1, 0.15) is 48.4 Å². The van der Waals surface area contributed by atoms with Crippen LogP contribution in [-0.4, -0.2) is 35.4 Å². The Labute approximate surface area is 150 Å². The van der Waals surface area contributed by atoms with Crippen LogP contribution in [0.15, 0.2) is 48.8 Å². The molecule has 1 unspecified atom stereocenters. The maximum Gasteiger partial charge on any atom is 0.220 e. The van der Waals surface area contributed by atoms with Gasteiger partial charge in [-0.25, -0.2) is 0 Å². The minimum absolute atomic E-state index is 0.115. The largest absolute Gasteiger partial charge is 0.345 e. The maximum atomic E-state index is 12.5. The van der Waals surface area contributed by atoms with E-state index in [4.69, 9.17) is 0 Å². The number of aromatic nitrogens is 1. The molecule has 132 valence electrons. The van der Waals surface area contributed by atoms with E-state index in [1.165, 1.54) is 31.5 Å². The second-order valence-corrected chi connectivity index (χ2v) is 6.79. The predicted octanol–water partition coefficient (Wildman–Crippen LogP) is 3.47. The van der Waals surface area contributed by atoms with Gasteiger partial charge in [-0.05, 0) is 74.6 Å². The lowest BCUT2D eigenvalue weighted by Gasteiger charge is -2.22. The quantitative estimate of drug-likeness (QED) is 0.841. The van der Waals surface area contributed by atoms with Crippen molar-refractivity contribution in [3.05, 3.63) is 65.5 Å². The summed E-state index contributed by atoms with van der Waals surface area (Å²) in [6, 6.07) is 12.1. The van der Waals surface area contributed by atoms with Crippen LogP contribution in [0.2, 0.25) is 0 Å². The van der Waals surface area contributed by atoms with E-state index in [9.17, 15) is 4.79 Å². The Morgan fingerprint density at radius 2 is 1.88 bits per heavy atom. The molecule has 0 radical (unpaired) electrons. The number of aryl methyl sites for hydroxylation is 1. The first-order valence-electron chi connectivity index (χ1n) is 9.21. The molecular weight excluding hydrogens is 310 g/mol. The fourth-order valence-corrected chi connectivity index (χ4v) is 3.51. The molecule has 0 aliphatic carbocycles. The average molecular weight is 337 g/mol. The molecule has 4 heteroatoms. The van der Waals surface area contributed by atoms with E-state index in [1.807, 2.05) is 24.3 Å². The molecule has 3 rings (SSSR count). The normalized spacial score (nSPS) is 15.9. The number of carbonyl (C=O) groups is 1. The van der Waals surface area contributed by atoms with E-state index in [0.29, 0.717) is 6.42 Å². The molecular formula is C21H27N3O. The van der Waals surface area contributed by atoms with E-state index in [-0.39, 0.29) is 11.9 Å². The van der Waals surface area contributed by atoms with Crippen molar-refractivity contribution in [3.8, 4) is 0 Å². The number of nitrogens with one attached hydrogen (secondary N) is 1. The number of benzene rings is 1. The summed E-state index contributed by atoms with van der Waals surface area (Å²) in [4.78, 5) is 19.1. The highest BCUT2D eigenvalue weighted by Crippen LogP contribution is 2.24. The van der Waals surface area contributed by atoms with Crippen molar-refractivity contribution in [3.63, 3.8) is 0 Å². The first kappa shape index (κ1) is 17.6. The average Bonchev–Trinajstić information content (AvgIpc) is 3.15. The SMILES string of the molecule is Cc1ccccc1C(NC(=O)CCCN1CCCC1)c1ccncc1. The number of hydrogen-bond donors (Lipinski definition) is 1. The lowest BCUT2D eigenvalue weighted by Crippen LogP contribution is -2.30. The van der Waals surface area contributed by atoms with E-state index in [2.05, 4.69) is 34.3 Å². The third-order valence-electron chi connectivity index (χ3n) is 4.92. The van der Waals surface area contributed by atoms with Gasteiger partial charge in [0.25, 0.3) is 0 Å². The van der Waals surface area contributed by atoms with Crippen molar-refractivity contribution in [2.24, 2.45) is 0 Å². The highest BCUT2D eigenvalue weighted by Gasteiger charge is 2.19. The highest BCUT2D eigenvalue weighted by molar-refractivity contribution is 5.77. The van der Waals surface area contributed by atoms with Crippen LogP contribution < -0.4 is 5.32 Å². The number of hydrogen-bond acceptors (Lipinski definition) is 3. The fourth-order valence-electron chi connectivity index (χ4n) is 3.51. The molecule has 0 saturated carbocycles. The molecule has 1 saturated heterocycles. The topological polar surface area (TPSA) is 45.2 Å². The zero-order valence-corrected chi connectivity index (χ0v) is 14.9. The Morgan fingerprint density at radius 3 is 2.60 bits per heavy atom. The van der Waals surface area contributed by atoms with Gasteiger partial charge in [-0.3, -0.25) is 9.78 Å². The number of pyridine rings is 1. The van der Waals surface area contributed by atoms with Crippen LogP contribution >= 0.6 is 0 Å². The molecule has 1 fully saturated rings. The fraction of sp³-hybridized carbons (Fsp3) is 0.429. The molecule has 2 heterocycles. The van der Waals surface area contributed by atoms with E-state index in [0.717, 1.165) is 24.1 Å². The highest BCUT2D eigenvalue weighted by atomic mass is 16.1. The Kier molecular flexibility index (Phi) is 6.18. The second kappa shape index (κ2) is 8.77. The summed E-state index contributed by atoms with van der Waals surface area (Å²) < 4.78 is 0. The summed E-state index contributed by atoms with van der Waals surface area (Å²) in [5, 5.41) is 3.23. The Morgan fingerprint density at radius 1 is 1.16 bits per heavy atom. The summed E-state index contributed by atoms with van der Waals surface area (Å²) >= 11 is 0. The smallest absolute Gasteiger partial charge is 0.220 e. The van der Waals surface area contributed by atoms with Gasteiger partial charge in [0, 0.05) is 18.8 Å². The molecule has 1 aromatic heterocycles. The zero-order valence-electron chi connectivity index (χ0n) is 14.9. The lowest BCUT2D eigenvalue weighted by atomic mass is 9.95. The second-order valence-electron chi connectivity index (χ2n) is 6.79. The number of carbonyl (C=O) groups excluding carboxylic acids is 1. The third-order valence-corrected chi connectivity index (χ3v) is 4.92. The summed E-state index contributed by atoms with van der Waals surface area (Å²) in [6.07, 6.45) is 7.64. The van der Waals surface area contributed by atoms with Crippen LogP contribution in [0.5, 0.6) is 0 Å². The summed E-state index contributed by atoms with van der Waals surface area (Å²) in [6.45, 7) is 5.48. The molecule has 1 N–H and O–H groups in total. The van der Waals surface area contributed by atoms with Crippen molar-refractivity contribution in [2.75, 3.05) is 19.6 Å². The van der Waals surface area contributed by atoms with Crippen molar-refractivity contribution in [1.82, 2.24) is 15.2 Å².